The van der Waals surface area contributed by atoms with Gasteiger partial charge in [0.05, 0.1) is 18.3 Å². The van der Waals surface area contributed by atoms with E-state index in [0.717, 1.165) is 0 Å². The van der Waals surface area contributed by atoms with E-state index < -0.39 is 30.4 Å². The average molecular weight is 241 g/mol. The number of hydrogen-bond donors (Lipinski definition) is 1. The second-order valence-corrected chi connectivity index (χ2v) is 4.37. The number of halogens is 3. The molecule has 0 aromatic heterocycles. The van der Waals surface area contributed by atoms with Crippen LogP contribution in [0.1, 0.15) is 13.8 Å². The van der Waals surface area contributed by atoms with Gasteiger partial charge in [0, 0.05) is 13.1 Å². The van der Waals surface area contributed by atoms with E-state index in [1.165, 1.54) is 0 Å². The van der Waals surface area contributed by atoms with Gasteiger partial charge < -0.3 is 14.7 Å². The van der Waals surface area contributed by atoms with E-state index in [9.17, 15) is 18.0 Å². The monoisotopic (exact) mass is 241 g/mol. The molecule has 0 radical (unpaired) electrons. The number of aliphatic hydroxyl groups excluding tert-OH is 1. The van der Waals surface area contributed by atoms with Crippen molar-refractivity contribution in [1.82, 2.24) is 4.90 Å². The first-order valence-corrected chi connectivity index (χ1v) is 4.80. The average Bonchev–Trinajstić information content (AvgIpc) is 2.12. The van der Waals surface area contributed by atoms with E-state index in [1.54, 1.807) is 13.8 Å². The summed E-state index contributed by atoms with van der Waals surface area (Å²) in [6.45, 7) is 2.36. The standard InChI is InChI=1S/C9H14F3NO3/c1-8(2)5-13(3-6(4-14)16-8)7(15)9(10,11)12/h6,14H,3-5H2,1-2H3. The zero-order valence-corrected chi connectivity index (χ0v) is 9.04. The number of hydrogen-bond acceptors (Lipinski definition) is 3. The molecule has 0 aliphatic carbocycles. The van der Waals surface area contributed by atoms with Crippen LogP contribution in [0.25, 0.3) is 0 Å². The number of amides is 1. The number of nitrogens with zero attached hydrogens (tertiary/aromatic N) is 1. The minimum Gasteiger partial charge on any atom is -0.394 e. The van der Waals surface area contributed by atoms with Crippen LogP contribution >= 0.6 is 0 Å². The Hall–Kier alpha value is -0.820. The fraction of sp³-hybridized carbons (Fsp3) is 0.889. The van der Waals surface area contributed by atoms with Crippen molar-refractivity contribution in [3.63, 3.8) is 0 Å². The molecule has 1 heterocycles. The maximum Gasteiger partial charge on any atom is 0.471 e. The Balaban J connectivity index is 2.78. The van der Waals surface area contributed by atoms with E-state index >= 15 is 0 Å². The van der Waals surface area contributed by atoms with Crippen molar-refractivity contribution in [3.05, 3.63) is 0 Å². The predicted octanol–water partition coefficient (Wildman–Crippen LogP) is 0.547. The van der Waals surface area contributed by atoms with Gasteiger partial charge in [-0.3, -0.25) is 4.79 Å². The summed E-state index contributed by atoms with van der Waals surface area (Å²) < 4.78 is 42.0. The van der Waals surface area contributed by atoms with Gasteiger partial charge in [-0.1, -0.05) is 0 Å². The number of alkyl halides is 3. The summed E-state index contributed by atoms with van der Waals surface area (Å²) in [7, 11) is 0. The summed E-state index contributed by atoms with van der Waals surface area (Å²) in [5.41, 5.74) is -0.882. The van der Waals surface area contributed by atoms with Crippen LogP contribution in [0.3, 0.4) is 0 Å². The highest BCUT2D eigenvalue weighted by atomic mass is 19.4. The van der Waals surface area contributed by atoms with Crippen LogP contribution in [0.15, 0.2) is 0 Å². The van der Waals surface area contributed by atoms with Gasteiger partial charge in [-0.15, -0.1) is 0 Å². The molecule has 1 fully saturated rings. The molecule has 1 N–H and O–H groups in total. The molecule has 0 spiro atoms. The van der Waals surface area contributed by atoms with E-state index in [1.807, 2.05) is 0 Å². The molecule has 1 aliphatic rings. The molecule has 0 saturated carbocycles. The first-order valence-electron chi connectivity index (χ1n) is 4.80. The summed E-state index contributed by atoms with van der Waals surface area (Å²) in [5, 5.41) is 8.88. The van der Waals surface area contributed by atoms with Crippen LogP contribution in [0, 0.1) is 0 Å². The Morgan fingerprint density at radius 3 is 2.56 bits per heavy atom. The van der Waals surface area contributed by atoms with Crippen LogP contribution in [-0.2, 0) is 9.53 Å². The van der Waals surface area contributed by atoms with Gasteiger partial charge in [-0.2, -0.15) is 13.2 Å². The number of rotatable bonds is 1. The number of aliphatic hydroxyl groups is 1. The maximum atomic E-state index is 12.2. The lowest BCUT2D eigenvalue weighted by Gasteiger charge is -2.42. The number of ether oxygens (including phenoxy) is 1. The summed E-state index contributed by atoms with van der Waals surface area (Å²) in [6, 6.07) is 0. The van der Waals surface area contributed by atoms with Crippen LogP contribution in [-0.4, -0.2) is 53.5 Å². The predicted molar refractivity (Wildman–Crippen MR) is 48.7 cm³/mol. The molecule has 1 atom stereocenters. The lowest BCUT2D eigenvalue weighted by Crippen LogP contribution is -2.58. The number of morpholine rings is 1. The molecule has 1 rings (SSSR count). The highest BCUT2D eigenvalue weighted by molar-refractivity contribution is 5.82. The van der Waals surface area contributed by atoms with Crippen LogP contribution in [0.5, 0.6) is 0 Å². The van der Waals surface area contributed by atoms with E-state index in [0.29, 0.717) is 4.90 Å². The third-order valence-electron chi connectivity index (χ3n) is 2.21. The highest BCUT2D eigenvalue weighted by Gasteiger charge is 2.46. The van der Waals surface area contributed by atoms with Gasteiger partial charge in [-0.05, 0) is 13.8 Å². The first-order chi connectivity index (χ1) is 7.15. The van der Waals surface area contributed by atoms with E-state index in [4.69, 9.17) is 9.84 Å². The summed E-state index contributed by atoms with van der Waals surface area (Å²) >= 11 is 0. The molecule has 0 bridgehead atoms. The smallest absolute Gasteiger partial charge is 0.394 e. The molecule has 4 nitrogen and oxygen atoms in total. The van der Waals surface area contributed by atoms with Crippen molar-refractivity contribution in [2.24, 2.45) is 0 Å². The second kappa shape index (κ2) is 4.21. The summed E-state index contributed by atoms with van der Waals surface area (Å²) in [5.74, 6) is -1.89. The second-order valence-electron chi connectivity index (χ2n) is 4.37. The fourth-order valence-corrected chi connectivity index (χ4v) is 1.72. The number of carbonyl (C=O) groups excluding carboxylic acids is 1. The van der Waals surface area contributed by atoms with Crippen molar-refractivity contribution >= 4 is 5.91 Å². The minimum atomic E-state index is -4.88. The first kappa shape index (κ1) is 13.2. The molecule has 1 saturated heterocycles. The molecule has 7 heteroatoms. The van der Waals surface area contributed by atoms with Crippen molar-refractivity contribution in [2.75, 3.05) is 19.7 Å². The Labute approximate surface area is 91.0 Å². The normalized spacial score (nSPS) is 25.6. The minimum absolute atomic E-state index is 0.137. The lowest BCUT2D eigenvalue weighted by atomic mass is 10.1. The van der Waals surface area contributed by atoms with Gasteiger partial charge in [-0.25, -0.2) is 0 Å². The molecule has 94 valence electrons. The fourth-order valence-electron chi connectivity index (χ4n) is 1.72. The van der Waals surface area contributed by atoms with Crippen LogP contribution in [0.2, 0.25) is 0 Å². The molecule has 1 amide bonds. The lowest BCUT2D eigenvalue weighted by molar-refractivity contribution is -0.204. The van der Waals surface area contributed by atoms with E-state index in [2.05, 4.69) is 0 Å². The van der Waals surface area contributed by atoms with Gasteiger partial charge >= 0.3 is 12.1 Å². The number of carbonyl (C=O) groups is 1. The SMILES string of the molecule is CC1(C)CN(C(=O)C(F)(F)F)CC(CO)O1. The van der Waals surface area contributed by atoms with Gasteiger partial charge in [0.15, 0.2) is 0 Å². The Kier molecular flexibility index (Phi) is 3.49. The molecule has 16 heavy (non-hydrogen) atoms. The van der Waals surface area contributed by atoms with E-state index in [-0.39, 0.29) is 13.1 Å². The molecule has 0 aromatic carbocycles. The highest BCUT2D eigenvalue weighted by Crippen LogP contribution is 2.25. The molecule has 1 unspecified atom stereocenters. The van der Waals surface area contributed by atoms with Crippen molar-refractivity contribution in [3.8, 4) is 0 Å². The zero-order chi connectivity index (χ0) is 12.6. The third-order valence-corrected chi connectivity index (χ3v) is 2.21. The van der Waals surface area contributed by atoms with Gasteiger partial charge in [0.1, 0.15) is 0 Å². The van der Waals surface area contributed by atoms with Gasteiger partial charge in [0.2, 0.25) is 0 Å². The third kappa shape index (κ3) is 3.08. The largest absolute Gasteiger partial charge is 0.471 e. The Bertz CT molecular complexity index is 278. The summed E-state index contributed by atoms with van der Waals surface area (Å²) in [4.78, 5) is 11.7. The quantitative estimate of drug-likeness (QED) is 0.729. The van der Waals surface area contributed by atoms with Crippen molar-refractivity contribution < 1.29 is 27.8 Å². The molecular formula is C9H14F3NO3. The van der Waals surface area contributed by atoms with Gasteiger partial charge in [0.25, 0.3) is 0 Å². The maximum absolute atomic E-state index is 12.2. The Morgan fingerprint density at radius 2 is 2.12 bits per heavy atom. The van der Waals surface area contributed by atoms with Crippen molar-refractivity contribution in [1.29, 1.82) is 0 Å². The van der Waals surface area contributed by atoms with Crippen LogP contribution in [0.4, 0.5) is 13.2 Å². The molecule has 1 aliphatic heterocycles. The summed E-state index contributed by atoms with van der Waals surface area (Å²) in [6.07, 6.45) is -5.65. The molecule has 0 aromatic rings. The zero-order valence-electron chi connectivity index (χ0n) is 9.04. The van der Waals surface area contributed by atoms with Crippen molar-refractivity contribution in [2.45, 2.75) is 31.7 Å². The van der Waals surface area contributed by atoms with Crippen LogP contribution < -0.4 is 0 Å². The topological polar surface area (TPSA) is 49.8 Å². The Morgan fingerprint density at radius 1 is 1.56 bits per heavy atom. The molecular weight excluding hydrogens is 227 g/mol.